The van der Waals surface area contributed by atoms with E-state index in [0.717, 1.165) is 25.7 Å². The zero-order valence-electron chi connectivity index (χ0n) is 15.4. The minimum Gasteiger partial charge on any atom is -0.748 e. The summed E-state index contributed by atoms with van der Waals surface area (Å²) >= 11 is 0. The summed E-state index contributed by atoms with van der Waals surface area (Å²) in [6, 6.07) is 0. The number of hydrogen-bond acceptors (Lipinski definition) is 4. The molecule has 0 aromatic carbocycles. The molecule has 0 aliphatic heterocycles. The first kappa shape index (κ1) is 26.7. The summed E-state index contributed by atoms with van der Waals surface area (Å²) in [5, 5.41) is 9.11. The molecule has 0 aliphatic carbocycles. The van der Waals surface area contributed by atoms with Crippen LogP contribution in [0, 0.1) is 0 Å². The Balaban J connectivity index is 0. The normalized spacial score (nSPS) is 14.3. The van der Waals surface area contributed by atoms with Gasteiger partial charge in [-0.05, 0) is 25.7 Å². The molecule has 0 fully saturated rings. The first-order chi connectivity index (χ1) is 10.4. The predicted molar refractivity (Wildman–Crippen MR) is 90.9 cm³/mol. The zero-order valence-corrected chi connectivity index (χ0v) is 19.4. The Morgan fingerprint density at radius 3 is 1.83 bits per heavy atom. The van der Waals surface area contributed by atoms with Crippen molar-refractivity contribution in [2.75, 3.05) is 0 Å². The van der Waals surface area contributed by atoms with Gasteiger partial charge in [-0.25, -0.2) is 8.42 Å². The van der Waals surface area contributed by atoms with Crippen molar-refractivity contribution >= 4 is 10.1 Å². The molecule has 0 spiro atoms. The summed E-state index contributed by atoms with van der Waals surface area (Å²) in [7, 11) is -4.23. The molecular weight excluding hydrogens is 339 g/mol. The van der Waals surface area contributed by atoms with Crippen LogP contribution in [0.15, 0.2) is 0 Å². The van der Waals surface area contributed by atoms with Gasteiger partial charge >= 0.3 is 51.4 Å². The molecule has 0 rings (SSSR count). The van der Waals surface area contributed by atoms with Crippen LogP contribution in [-0.4, -0.2) is 29.4 Å². The van der Waals surface area contributed by atoms with E-state index in [-0.39, 0.29) is 51.4 Å². The number of unbranched alkanes of at least 4 members (excludes halogenated alkanes) is 7. The molecule has 0 aliphatic rings. The Kier molecular flexibility index (Phi) is 19.7. The Morgan fingerprint density at radius 2 is 1.30 bits per heavy atom. The van der Waals surface area contributed by atoms with Crippen LogP contribution < -0.4 is 51.4 Å². The molecule has 0 aromatic rings. The summed E-state index contributed by atoms with van der Waals surface area (Å²) in [6.45, 7) is 4.18. The largest absolute Gasteiger partial charge is 1.00 e. The summed E-state index contributed by atoms with van der Waals surface area (Å²) < 4.78 is 33.6. The minimum absolute atomic E-state index is 0. The maximum Gasteiger partial charge on any atom is 1.00 e. The van der Waals surface area contributed by atoms with Crippen LogP contribution in [0.2, 0.25) is 0 Å². The maximum absolute atomic E-state index is 11.2. The number of aliphatic hydroxyl groups excluding tert-OH is 1. The van der Waals surface area contributed by atoms with Gasteiger partial charge in [-0.1, -0.05) is 71.6 Å². The Hall–Kier alpha value is 1.51. The molecule has 23 heavy (non-hydrogen) atoms. The third kappa shape index (κ3) is 16.7. The van der Waals surface area contributed by atoms with E-state index in [2.05, 4.69) is 6.92 Å². The quantitative estimate of drug-likeness (QED) is 0.267. The fraction of sp³-hybridized carbons (Fsp3) is 1.00. The standard InChI is InChI=1S/C17H36O4S.K/c1-3-5-7-8-9-10-11-12-16(18)14-15-17(13-6-4-2)22(19,20)21;/h16-18H,3-15H2,1-2H3,(H,19,20,21);/q;+1/p-1. The average Bonchev–Trinajstić information content (AvgIpc) is 2.45. The van der Waals surface area contributed by atoms with Gasteiger partial charge in [0.05, 0.1) is 16.2 Å². The van der Waals surface area contributed by atoms with Crippen molar-refractivity contribution < 1.29 is 69.5 Å². The molecule has 0 radical (unpaired) electrons. The van der Waals surface area contributed by atoms with Crippen molar-refractivity contribution in [1.29, 1.82) is 0 Å². The Bertz CT molecular complexity index is 347. The van der Waals surface area contributed by atoms with E-state index < -0.39 is 21.5 Å². The third-order valence-corrected chi connectivity index (χ3v) is 5.54. The fourth-order valence-corrected chi connectivity index (χ4v) is 3.60. The Morgan fingerprint density at radius 1 is 0.783 bits per heavy atom. The minimum atomic E-state index is -4.23. The van der Waals surface area contributed by atoms with E-state index in [9.17, 15) is 18.1 Å². The summed E-state index contributed by atoms with van der Waals surface area (Å²) in [5.74, 6) is 0. The molecule has 0 bridgehead atoms. The van der Waals surface area contributed by atoms with Gasteiger partial charge in [-0.15, -0.1) is 0 Å². The van der Waals surface area contributed by atoms with Crippen LogP contribution in [0.4, 0.5) is 0 Å². The first-order valence-corrected chi connectivity index (χ1v) is 10.5. The molecular formula is C17H35KO4S. The first-order valence-electron chi connectivity index (χ1n) is 9.04. The average molecular weight is 375 g/mol. The van der Waals surface area contributed by atoms with Crippen LogP contribution >= 0.6 is 0 Å². The van der Waals surface area contributed by atoms with Gasteiger partial charge in [0.1, 0.15) is 0 Å². The topological polar surface area (TPSA) is 77.4 Å². The van der Waals surface area contributed by atoms with Gasteiger partial charge in [0.15, 0.2) is 0 Å². The molecule has 0 heterocycles. The van der Waals surface area contributed by atoms with Crippen molar-refractivity contribution in [3.63, 3.8) is 0 Å². The maximum atomic E-state index is 11.2. The van der Waals surface area contributed by atoms with Crippen molar-refractivity contribution in [3.8, 4) is 0 Å². The molecule has 2 unspecified atom stereocenters. The van der Waals surface area contributed by atoms with Gasteiger partial charge < -0.3 is 9.66 Å². The van der Waals surface area contributed by atoms with Gasteiger partial charge in [-0.3, -0.25) is 0 Å². The van der Waals surface area contributed by atoms with E-state index in [0.29, 0.717) is 25.7 Å². The second kappa shape index (κ2) is 16.9. The molecule has 4 nitrogen and oxygen atoms in total. The van der Waals surface area contributed by atoms with Crippen LogP contribution in [0.3, 0.4) is 0 Å². The molecule has 0 saturated heterocycles. The van der Waals surface area contributed by atoms with Crippen LogP contribution in [0.1, 0.15) is 97.3 Å². The van der Waals surface area contributed by atoms with Crippen LogP contribution in [-0.2, 0) is 10.1 Å². The number of aliphatic hydroxyl groups is 1. The molecule has 6 heteroatoms. The second-order valence-corrected chi connectivity index (χ2v) is 8.05. The summed E-state index contributed by atoms with van der Waals surface area (Å²) in [5.41, 5.74) is 0. The fourth-order valence-electron chi connectivity index (χ4n) is 2.72. The molecule has 0 saturated carbocycles. The van der Waals surface area contributed by atoms with E-state index in [4.69, 9.17) is 0 Å². The van der Waals surface area contributed by atoms with Crippen molar-refractivity contribution in [2.24, 2.45) is 0 Å². The smallest absolute Gasteiger partial charge is 0.748 e. The van der Waals surface area contributed by atoms with Gasteiger partial charge in [0.25, 0.3) is 0 Å². The van der Waals surface area contributed by atoms with Crippen LogP contribution in [0.25, 0.3) is 0 Å². The molecule has 2 atom stereocenters. The van der Waals surface area contributed by atoms with Gasteiger partial charge in [-0.2, -0.15) is 0 Å². The molecule has 0 amide bonds. The van der Waals surface area contributed by atoms with E-state index >= 15 is 0 Å². The zero-order chi connectivity index (χ0) is 16.8. The summed E-state index contributed by atoms with van der Waals surface area (Å²) in [6.07, 6.45) is 11.4. The Labute approximate surface area is 186 Å². The van der Waals surface area contributed by atoms with Gasteiger partial charge in [0.2, 0.25) is 0 Å². The van der Waals surface area contributed by atoms with E-state index in [1.54, 1.807) is 0 Å². The van der Waals surface area contributed by atoms with Crippen molar-refractivity contribution in [3.05, 3.63) is 0 Å². The molecule has 0 aromatic heterocycles. The number of rotatable bonds is 15. The summed E-state index contributed by atoms with van der Waals surface area (Å²) in [4.78, 5) is 0. The molecule has 1 N–H and O–H groups in total. The SMILES string of the molecule is CCCCCCCCCC(O)CCC(CCCC)S(=O)(=O)[O-].[K+]. The van der Waals surface area contributed by atoms with Gasteiger partial charge in [0, 0.05) is 5.25 Å². The van der Waals surface area contributed by atoms with E-state index in [1.807, 2.05) is 6.92 Å². The van der Waals surface area contributed by atoms with Crippen LogP contribution in [0.5, 0.6) is 0 Å². The van der Waals surface area contributed by atoms with Crippen molar-refractivity contribution in [2.45, 2.75) is 109 Å². The molecule has 134 valence electrons. The van der Waals surface area contributed by atoms with E-state index in [1.165, 1.54) is 32.1 Å². The van der Waals surface area contributed by atoms with Crippen molar-refractivity contribution in [1.82, 2.24) is 0 Å². The number of hydrogen-bond donors (Lipinski definition) is 1. The second-order valence-electron chi connectivity index (χ2n) is 6.40. The monoisotopic (exact) mass is 374 g/mol. The third-order valence-electron chi connectivity index (χ3n) is 4.25. The predicted octanol–water partition coefficient (Wildman–Crippen LogP) is 1.38.